The van der Waals surface area contributed by atoms with E-state index in [0.29, 0.717) is 5.56 Å². The van der Waals surface area contributed by atoms with Crippen LogP contribution < -0.4 is 11.3 Å². The first-order chi connectivity index (χ1) is 10.4. The Labute approximate surface area is 132 Å². The first-order valence-corrected chi connectivity index (χ1v) is 8.03. The average Bonchev–Trinajstić information content (AvgIpc) is 2.48. The predicted octanol–water partition coefficient (Wildman–Crippen LogP) is 3.90. The van der Waals surface area contributed by atoms with E-state index < -0.39 is 5.54 Å². The molecule has 3 heteroatoms. The second-order valence-electron chi connectivity index (χ2n) is 6.38. The lowest BCUT2D eigenvalue weighted by Gasteiger charge is -2.22. The van der Waals surface area contributed by atoms with Crippen molar-refractivity contribution in [3.8, 4) is 11.3 Å². The minimum atomic E-state index is -0.626. The second kappa shape index (κ2) is 6.93. The molecular formula is C19H26N2O. The number of rotatable bonds is 6. The van der Waals surface area contributed by atoms with Crippen molar-refractivity contribution < 1.29 is 0 Å². The van der Waals surface area contributed by atoms with Crippen LogP contribution in [0.1, 0.15) is 45.6 Å². The van der Waals surface area contributed by atoms with Gasteiger partial charge in [-0.05, 0) is 38.0 Å². The summed E-state index contributed by atoms with van der Waals surface area (Å²) in [6, 6.07) is 14.0. The van der Waals surface area contributed by atoms with Gasteiger partial charge < -0.3 is 10.3 Å². The maximum absolute atomic E-state index is 12.9. The van der Waals surface area contributed by atoms with Crippen molar-refractivity contribution in [2.45, 2.75) is 52.1 Å². The molecule has 0 aliphatic carbocycles. The molecule has 1 aromatic carbocycles. The second-order valence-corrected chi connectivity index (χ2v) is 6.38. The highest BCUT2D eigenvalue weighted by Crippen LogP contribution is 2.21. The van der Waals surface area contributed by atoms with E-state index in [4.69, 9.17) is 5.73 Å². The monoisotopic (exact) mass is 298 g/mol. The molecule has 0 saturated carbocycles. The fourth-order valence-electron chi connectivity index (χ4n) is 2.67. The molecule has 0 aliphatic rings. The van der Waals surface area contributed by atoms with Crippen LogP contribution in [0.3, 0.4) is 0 Å². The third kappa shape index (κ3) is 3.66. The number of unbranched alkanes of at least 4 members (excludes halogenated alkanes) is 2. The van der Waals surface area contributed by atoms with E-state index in [1.54, 1.807) is 0 Å². The van der Waals surface area contributed by atoms with E-state index >= 15 is 0 Å². The molecule has 0 amide bonds. The lowest BCUT2D eigenvalue weighted by molar-refractivity contribution is 0.525. The SMILES string of the molecule is CCCCCn1c(-c2ccccc2)ccc(C(C)(C)N)c1=O. The number of nitrogens with two attached hydrogens (primary N) is 1. The summed E-state index contributed by atoms with van der Waals surface area (Å²) < 4.78 is 1.88. The van der Waals surface area contributed by atoms with Crippen LogP contribution in [0.15, 0.2) is 47.3 Å². The molecule has 0 unspecified atom stereocenters. The maximum Gasteiger partial charge on any atom is 0.256 e. The predicted molar refractivity (Wildman–Crippen MR) is 92.9 cm³/mol. The lowest BCUT2D eigenvalue weighted by Crippen LogP contribution is -2.38. The average molecular weight is 298 g/mol. The third-order valence-electron chi connectivity index (χ3n) is 3.92. The molecule has 3 nitrogen and oxygen atoms in total. The van der Waals surface area contributed by atoms with Gasteiger partial charge in [-0.15, -0.1) is 0 Å². The topological polar surface area (TPSA) is 48.0 Å². The first kappa shape index (κ1) is 16.5. The van der Waals surface area contributed by atoms with Crippen molar-refractivity contribution in [1.29, 1.82) is 0 Å². The number of benzene rings is 1. The van der Waals surface area contributed by atoms with Crippen molar-refractivity contribution in [3.63, 3.8) is 0 Å². The van der Waals surface area contributed by atoms with Crippen LogP contribution in [0, 0.1) is 0 Å². The highest BCUT2D eigenvalue weighted by Gasteiger charge is 2.20. The smallest absolute Gasteiger partial charge is 0.256 e. The molecule has 0 radical (unpaired) electrons. The van der Waals surface area contributed by atoms with Crippen molar-refractivity contribution >= 4 is 0 Å². The maximum atomic E-state index is 12.9. The lowest BCUT2D eigenvalue weighted by atomic mass is 9.96. The zero-order chi connectivity index (χ0) is 16.2. The van der Waals surface area contributed by atoms with Crippen molar-refractivity contribution in [2.24, 2.45) is 5.73 Å². The van der Waals surface area contributed by atoms with Gasteiger partial charge in [0.1, 0.15) is 0 Å². The van der Waals surface area contributed by atoms with Crippen molar-refractivity contribution in [2.75, 3.05) is 0 Å². The zero-order valence-corrected chi connectivity index (χ0v) is 13.8. The number of pyridine rings is 1. The molecule has 22 heavy (non-hydrogen) atoms. The molecule has 1 heterocycles. The van der Waals surface area contributed by atoms with Gasteiger partial charge >= 0.3 is 0 Å². The fourth-order valence-corrected chi connectivity index (χ4v) is 2.67. The van der Waals surface area contributed by atoms with Crippen LogP contribution >= 0.6 is 0 Å². The molecule has 2 rings (SSSR count). The van der Waals surface area contributed by atoms with Crippen LogP contribution in [0.5, 0.6) is 0 Å². The van der Waals surface area contributed by atoms with Crippen LogP contribution in [-0.2, 0) is 12.1 Å². The number of hydrogen-bond donors (Lipinski definition) is 1. The summed E-state index contributed by atoms with van der Waals surface area (Å²) in [5.41, 5.74) is 8.27. The van der Waals surface area contributed by atoms with E-state index in [0.717, 1.165) is 37.1 Å². The molecule has 0 spiro atoms. The van der Waals surface area contributed by atoms with Gasteiger partial charge in [-0.2, -0.15) is 0 Å². The Morgan fingerprint density at radius 1 is 1.05 bits per heavy atom. The van der Waals surface area contributed by atoms with Crippen LogP contribution in [0.2, 0.25) is 0 Å². The van der Waals surface area contributed by atoms with E-state index in [1.165, 1.54) is 0 Å². The molecule has 118 valence electrons. The standard InChI is InChI=1S/C19H26N2O/c1-4-5-9-14-21-17(15-10-7-6-8-11-15)13-12-16(18(21)22)19(2,3)20/h6-8,10-13H,4-5,9,14,20H2,1-3H3. The normalized spacial score (nSPS) is 11.6. The summed E-state index contributed by atoms with van der Waals surface area (Å²) in [5, 5.41) is 0. The molecule has 2 aromatic rings. The molecule has 1 aromatic heterocycles. The van der Waals surface area contributed by atoms with Crippen LogP contribution in [0.4, 0.5) is 0 Å². The fraction of sp³-hybridized carbons (Fsp3) is 0.421. The highest BCUT2D eigenvalue weighted by molar-refractivity contribution is 5.59. The number of nitrogens with zero attached hydrogens (tertiary/aromatic N) is 1. The van der Waals surface area contributed by atoms with Gasteiger partial charge in [-0.1, -0.05) is 50.1 Å². The molecule has 0 fully saturated rings. The van der Waals surface area contributed by atoms with Gasteiger partial charge in [0.05, 0.1) is 5.69 Å². The Bertz CT molecular complexity index is 666. The zero-order valence-electron chi connectivity index (χ0n) is 13.8. The summed E-state index contributed by atoms with van der Waals surface area (Å²) >= 11 is 0. The highest BCUT2D eigenvalue weighted by atomic mass is 16.1. The van der Waals surface area contributed by atoms with Crippen molar-refractivity contribution in [1.82, 2.24) is 4.57 Å². The van der Waals surface area contributed by atoms with Gasteiger partial charge in [0.2, 0.25) is 0 Å². The molecule has 0 atom stereocenters. The molecule has 0 bridgehead atoms. The molecule has 2 N–H and O–H groups in total. The summed E-state index contributed by atoms with van der Waals surface area (Å²) in [4.78, 5) is 12.9. The summed E-state index contributed by atoms with van der Waals surface area (Å²) in [6.45, 7) is 6.66. The minimum absolute atomic E-state index is 0.0324. The van der Waals surface area contributed by atoms with Gasteiger partial charge in [0, 0.05) is 17.6 Å². The van der Waals surface area contributed by atoms with Crippen molar-refractivity contribution in [3.05, 3.63) is 58.4 Å². The van der Waals surface area contributed by atoms with E-state index in [9.17, 15) is 4.79 Å². The Kier molecular flexibility index (Phi) is 5.19. The molecule has 0 saturated heterocycles. The Morgan fingerprint density at radius 3 is 2.32 bits per heavy atom. The Hall–Kier alpha value is -1.87. The summed E-state index contributed by atoms with van der Waals surface area (Å²) in [6.07, 6.45) is 3.26. The van der Waals surface area contributed by atoms with E-state index in [-0.39, 0.29) is 5.56 Å². The summed E-state index contributed by atoms with van der Waals surface area (Å²) in [7, 11) is 0. The largest absolute Gasteiger partial charge is 0.322 e. The van der Waals surface area contributed by atoms with Gasteiger partial charge in [-0.25, -0.2) is 0 Å². The summed E-state index contributed by atoms with van der Waals surface area (Å²) in [5.74, 6) is 0. The van der Waals surface area contributed by atoms with Crippen LogP contribution in [0.25, 0.3) is 11.3 Å². The van der Waals surface area contributed by atoms with Gasteiger partial charge in [0.15, 0.2) is 0 Å². The van der Waals surface area contributed by atoms with Gasteiger partial charge in [-0.3, -0.25) is 4.79 Å². The molecular weight excluding hydrogens is 272 g/mol. The third-order valence-corrected chi connectivity index (χ3v) is 3.92. The Morgan fingerprint density at radius 2 is 1.73 bits per heavy atom. The molecule has 0 aliphatic heterocycles. The van der Waals surface area contributed by atoms with E-state index in [2.05, 4.69) is 6.92 Å². The number of aromatic nitrogens is 1. The Balaban J connectivity index is 2.54. The first-order valence-electron chi connectivity index (χ1n) is 8.03. The van der Waals surface area contributed by atoms with E-state index in [1.807, 2.05) is 60.9 Å². The van der Waals surface area contributed by atoms with Gasteiger partial charge in [0.25, 0.3) is 5.56 Å². The minimum Gasteiger partial charge on any atom is -0.322 e. The number of hydrogen-bond acceptors (Lipinski definition) is 2. The van der Waals surface area contributed by atoms with Crippen LogP contribution in [-0.4, -0.2) is 4.57 Å². The quantitative estimate of drug-likeness (QED) is 0.822.